The monoisotopic (exact) mass is 403 g/mol. The molecule has 4 rings (SSSR count). The van der Waals surface area contributed by atoms with E-state index in [0.717, 1.165) is 34.5 Å². The Labute approximate surface area is 174 Å². The lowest BCUT2D eigenvalue weighted by molar-refractivity contribution is -0.113. The molecule has 5 heteroatoms. The quantitative estimate of drug-likeness (QED) is 0.472. The number of para-hydroxylation sites is 1. The van der Waals surface area contributed by atoms with E-state index < -0.39 is 0 Å². The van der Waals surface area contributed by atoms with Crippen LogP contribution in [0.25, 0.3) is 16.8 Å². The van der Waals surface area contributed by atoms with Crippen LogP contribution < -0.4 is 9.64 Å². The van der Waals surface area contributed by atoms with E-state index in [1.54, 1.807) is 18.2 Å². The second-order valence-electron chi connectivity index (χ2n) is 6.89. The van der Waals surface area contributed by atoms with Crippen molar-refractivity contribution < 1.29 is 14.3 Å². The number of imide groups is 1. The molecule has 4 nitrogen and oxygen atoms in total. The number of hydrogen-bond acceptors (Lipinski definition) is 4. The van der Waals surface area contributed by atoms with Crippen LogP contribution in [0.3, 0.4) is 0 Å². The van der Waals surface area contributed by atoms with E-state index in [1.165, 1.54) is 4.90 Å². The number of fused-ring (bicyclic) bond motifs is 1. The van der Waals surface area contributed by atoms with Gasteiger partial charge in [0.05, 0.1) is 16.7 Å². The maximum Gasteiger partial charge on any atom is 0.298 e. The third-order valence-corrected chi connectivity index (χ3v) is 5.79. The molecule has 1 heterocycles. The number of carbonyl (C=O) groups is 2. The Morgan fingerprint density at radius 2 is 1.72 bits per heavy atom. The van der Waals surface area contributed by atoms with Gasteiger partial charge in [-0.05, 0) is 60.2 Å². The zero-order valence-electron chi connectivity index (χ0n) is 16.3. The van der Waals surface area contributed by atoms with Gasteiger partial charge in [-0.25, -0.2) is 4.90 Å². The number of amides is 2. The molecule has 0 aromatic heterocycles. The molecule has 0 aliphatic carbocycles. The molecule has 3 aromatic rings. The summed E-state index contributed by atoms with van der Waals surface area (Å²) in [5.74, 6) is 0.401. The van der Waals surface area contributed by atoms with Crippen LogP contribution in [0, 0.1) is 0 Å². The topological polar surface area (TPSA) is 46.6 Å². The predicted molar refractivity (Wildman–Crippen MR) is 119 cm³/mol. The first-order valence-corrected chi connectivity index (χ1v) is 10.4. The van der Waals surface area contributed by atoms with E-state index >= 15 is 0 Å². The van der Waals surface area contributed by atoms with Crippen LogP contribution in [0.1, 0.15) is 25.8 Å². The highest BCUT2D eigenvalue weighted by Gasteiger charge is 2.36. The summed E-state index contributed by atoms with van der Waals surface area (Å²) < 4.78 is 6.12. The number of benzene rings is 3. The van der Waals surface area contributed by atoms with E-state index in [1.807, 2.05) is 61.5 Å². The number of thioether (sulfide) groups is 1. The summed E-state index contributed by atoms with van der Waals surface area (Å²) in [5, 5.41) is 1.74. The van der Waals surface area contributed by atoms with Crippen LogP contribution in [0.5, 0.6) is 5.75 Å². The Bertz CT molecular complexity index is 1110. The van der Waals surface area contributed by atoms with Crippen LogP contribution in [0.4, 0.5) is 10.5 Å². The molecule has 0 saturated carbocycles. The largest absolute Gasteiger partial charge is 0.490 e. The van der Waals surface area contributed by atoms with E-state index in [-0.39, 0.29) is 17.3 Å². The number of carbonyl (C=O) groups excluding carboxylic acids is 2. The Hall–Kier alpha value is -3.05. The minimum absolute atomic E-state index is 0.0442. The number of anilines is 1. The summed E-state index contributed by atoms with van der Waals surface area (Å²) in [6.45, 7) is 4.08. The van der Waals surface area contributed by atoms with E-state index in [9.17, 15) is 9.59 Å². The molecular formula is C24H21NO3S. The molecular weight excluding hydrogens is 382 g/mol. The molecule has 1 aliphatic heterocycles. The average Bonchev–Trinajstić information content (AvgIpc) is 3.03. The van der Waals surface area contributed by atoms with Crippen molar-refractivity contribution in [2.45, 2.75) is 26.4 Å². The number of rotatable bonds is 5. The Morgan fingerprint density at radius 1 is 1.00 bits per heavy atom. The van der Waals surface area contributed by atoms with E-state index in [2.05, 4.69) is 6.92 Å². The Balaban J connectivity index is 1.80. The summed E-state index contributed by atoms with van der Waals surface area (Å²) in [6, 6.07) is 20.9. The third-order valence-electron chi connectivity index (χ3n) is 4.92. The van der Waals surface area contributed by atoms with Gasteiger partial charge in [0.1, 0.15) is 5.75 Å². The zero-order chi connectivity index (χ0) is 20.4. The fraction of sp³-hybridized carbons (Fsp3) is 0.167. The van der Waals surface area contributed by atoms with Gasteiger partial charge >= 0.3 is 0 Å². The van der Waals surface area contributed by atoms with Gasteiger partial charge in [-0.15, -0.1) is 0 Å². The van der Waals surface area contributed by atoms with Crippen molar-refractivity contribution in [3.05, 3.63) is 77.2 Å². The second-order valence-corrected chi connectivity index (χ2v) is 7.88. The molecule has 0 spiro atoms. The van der Waals surface area contributed by atoms with Gasteiger partial charge in [0.15, 0.2) is 0 Å². The Kier molecular flexibility index (Phi) is 5.41. The molecule has 1 fully saturated rings. The smallest absolute Gasteiger partial charge is 0.298 e. The standard InChI is InChI=1S/C24H21NO3S/c1-3-16(2)28-21-14-13-17-9-7-8-12-19(17)20(21)15-22-23(26)25(24(27)29-22)18-10-5-4-6-11-18/h4-16H,3H2,1-2H3/b22-15+/t16-/m1/s1. The minimum atomic E-state index is -0.311. The van der Waals surface area contributed by atoms with Gasteiger partial charge in [-0.3, -0.25) is 9.59 Å². The predicted octanol–water partition coefficient (Wildman–Crippen LogP) is 6.26. The molecule has 0 radical (unpaired) electrons. The highest BCUT2D eigenvalue weighted by molar-refractivity contribution is 8.19. The van der Waals surface area contributed by atoms with Crippen molar-refractivity contribution in [2.24, 2.45) is 0 Å². The van der Waals surface area contributed by atoms with Crippen LogP contribution in [-0.2, 0) is 4.79 Å². The van der Waals surface area contributed by atoms with Gasteiger partial charge < -0.3 is 4.74 Å². The van der Waals surface area contributed by atoms with Crippen molar-refractivity contribution in [3.8, 4) is 5.75 Å². The van der Waals surface area contributed by atoms with Crippen LogP contribution >= 0.6 is 11.8 Å². The Morgan fingerprint density at radius 3 is 2.48 bits per heavy atom. The lowest BCUT2D eigenvalue weighted by Gasteiger charge is -2.17. The van der Waals surface area contributed by atoms with Crippen LogP contribution in [0.2, 0.25) is 0 Å². The minimum Gasteiger partial charge on any atom is -0.490 e. The fourth-order valence-corrected chi connectivity index (χ4v) is 4.05. The lowest BCUT2D eigenvalue weighted by Crippen LogP contribution is -2.27. The van der Waals surface area contributed by atoms with Crippen molar-refractivity contribution in [2.75, 3.05) is 4.90 Å². The first kappa shape index (κ1) is 19.3. The van der Waals surface area contributed by atoms with Crippen molar-refractivity contribution in [1.29, 1.82) is 0 Å². The molecule has 1 aliphatic rings. The van der Waals surface area contributed by atoms with Crippen LogP contribution in [0.15, 0.2) is 71.6 Å². The summed E-state index contributed by atoms with van der Waals surface area (Å²) >= 11 is 0.956. The molecule has 1 saturated heterocycles. The van der Waals surface area contributed by atoms with E-state index in [4.69, 9.17) is 4.74 Å². The van der Waals surface area contributed by atoms with Crippen LogP contribution in [-0.4, -0.2) is 17.3 Å². The van der Waals surface area contributed by atoms with Crippen molar-refractivity contribution >= 4 is 45.4 Å². The summed E-state index contributed by atoms with van der Waals surface area (Å²) in [7, 11) is 0. The van der Waals surface area contributed by atoms with E-state index in [0.29, 0.717) is 16.3 Å². The van der Waals surface area contributed by atoms with Gasteiger partial charge in [-0.2, -0.15) is 0 Å². The van der Waals surface area contributed by atoms with Gasteiger partial charge in [0.25, 0.3) is 11.1 Å². The lowest BCUT2D eigenvalue weighted by atomic mass is 10.0. The van der Waals surface area contributed by atoms with Gasteiger partial charge in [0, 0.05) is 5.56 Å². The third kappa shape index (κ3) is 3.78. The molecule has 0 bridgehead atoms. The molecule has 1 atom stereocenters. The van der Waals surface area contributed by atoms with Gasteiger partial charge in [0.2, 0.25) is 0 Å². The SMILES string of the molecule is CC[C@@H](C)Oc1ccc2ccccc2c1/C=C1/SC(=O)N(c2ccccc2)C1=O. The maximum absolute atomic E-state index is 13.0. The average molecular weight is 404 g/mol. The van der Waals surface area contributed by atoms with Gasteiger partial charge in [-0.1, -0.05) is 55.5 Å². The molecule has 3 aromatic carbocycles. The molecule has 0 unspecified atom stereocenters. The number of hydrogen-bond donors (Lipinski definition) is 0. The highest BCUT2D eigenvalue weighted by Crippen LogP contribution is 2.38. The number of nitrogens with zero attached hydrogens (tertiary/aromatic N) is 1. The number of ether oxygens (including phenoxy) is 1. The highest BCUT2D eigenvalue weighted by atomic mass is 32.2. The van der Waals surface area contributed by atoms with Crippen molar-refractivity contribution in [3.63, 3.8) is 0 Å². The molecule has 29 heavy (non-hydrogen) atoms. The summed E-state index contributed by atoms with van der Waals surface area (Å²) in [4.78, 5) is 27.2. The summed E-state index contributed by atoms with van der Waals surface area (Å²) in [6.07, 6.45) is 2.70. The first-order chi connectivity index (χ1) is 14.1. The van der Waals surface area contributed by atoms with Crippen molar-refractivity contribution in [1.82, 2.24) is 0 Å². The molecule has 146 valence electrons. The summed E-state index contributed by atoms with van der Waals surface area (Å²) in [5.41, 5.74) is 1.40. The molecule has 2 amide bonds. The second kappa shape index (κ2) is 8.13. The normalized spacial score (nSPS) is 16.6. The fourth-order valence-electron chi connectivity index (χ4n) is 3.23. The maximum atomic E-state index is 13.0. The zero-order valence-corrected chi connectivity index (χ0v) is 17.1. The molecule has 0 N–H and O–H groups in total. The first-order valence-electron chi connectivity index (χ1n) is 9.60.